The van der Waals surface area contributed by atoms with Crippen molar-refractivity contribution in [2.75, 3.05) is 0 Å². The van der Waals surface area contributed by atoms with Gasteiger partial charge < -0.3 is 20.4 Å². The number of carboxylic acid groups (broad SMARTS) is 1. The molecule has 1 aromatic rings. The Kier molecular flexibility index (Phi) is 4.10. The summed E-state index contributed by atoms with van der Waals surface area (Å²) in [7, 11) is 0. The first-order chi connectivity index (χ1) is 8.59. The smallest absolute Gasteiger partial charge is 0.335 e. The first-order valence-electron chi connectivity index (χ1n) is 6.06. The van der Waals surface area contributed by atoms with E-state index in [1.807, 2.05) is 0 Å². The number of aliphatic carboxylic acids is 1. The van der Waals surface area contributed by atoms with Gasteiger partial charge in [0.15, 0.2) is 5.60 Å². The van der Waals surface area contributed by atoms with Crippen molar-refractivity contribution in [3.8, 4) is 11.5 Å². The summed E-state index contributed by atoms with van der Waals surface area (Å²) in [6.45, 7) is 6.26. The predicted molar refractivity (Wildman–Crippen MR) is 70.6 cm³/mol. The van der Waals surface area contributed by atoms with Crippen molar-refractivity contribution in [2.24, 2.45) is 0 Å². The minimum absolute atomic E-state index is 0.0430. The molecule has 0 aliphatic carbocycles. The van der Waals surface area contributed by atoms with E-state index in [1.54, 1.807) is 20.8 Å². The van der Waals surface area contributed by atoms with E-state index in [0.29, 0.717) is 22.3 Å². The molecule has 0 saturated carbocycles. The van der Waals surface area contributed by atoms with Crippen molar-refractivity contribution in [1.29, 1.82) is 0 Å². The van der Waals surface area contributed by atoms with Crippen LogP contribution in [-0.4, -0.2) is 32.0 Å². The van der Waals surface area contributed by atoms with Gasteiger partial charge in [-0.2, -0.15) is 0 Å². The highest BCUT2D eigenvalue weighted by Gasteiger charge is 2.30. The summed E-state index contributed by atoms with van der Waals surface area (Å²) in [4.78, 5) is 10.8. The normalized spacial score (nSPS) is 14.2. The molecule has 5 heteroatoms. The van der Waals surface area contributed by atoms with Gasteiger partial charge in [-0.05, 0) is 57.2 Å². The Hall–Kier alpha value is -1.75. The maximum atomic E-state index is 10.8. The molecule has 5 nitrogen and oxygen atoms in total. The van der Waals surface area contributed by atoms with E-state index >= 15 is 0 Å². The van der Waals surface area contributed by atoms with Crippen LogP contribution in [0, 0.1) is 20.8 Å². The Balaban J connectivity index is 3.13. The Morgan fingerprint density at radius 2 is 1.53 bits per heavy atom. The van der Waals surface area contributed by atoms with Gasteiger partial charge in [0.2, 0.25) is 0 Å². The highest BCUT2D eigenvalue weighted by Crippen LogP contribution is 2.37. The molecule has 1 unspecified atom stereocenters. The van der Waals surface area contributed by atoms with E-state index in [-0.39, 0.29) is 24.3 Å². The quantitative estimate of drug-likeness (QED) is 0.624. The molecule has 0 aliphatic heterocycles. The summed E-state index contributed by atoms with van der Waals surface area (Å²) in [5, 5.41) is 38.6. The molecule has 0 heterocycles. The number of hydrogen-bond donors (Lipinski definition) is 4. The number of carboxylic acids is 1. The zero-order chi connectivity index (χ0) is 15.0. The fourth-order valence-electron chi connectivity index (χ4n) is 1.96. The number of carbonyl (C=O) groups is 1. The van der Waals surface area contributed by atoms with Gasteiger partial charge in [-0.25, -0.2) is 4.79 Å². The van der Waals surface area contributed by atoms with E-state index < -0.39 is 11.6 Å². The van der Waals surface area contributed by atoms with Crippen molar-refractivity contribution < 1.29 is 25.2 Å². The average Bonchev–Trinajstić information content (AvgIpc) is 2.33. The molecule has 0 fully saturated rings. The molecule has 0 aromatic heterocycles. The summed E-state index contributed by atoms with van der Waals surface area (Å²) in [6.07, 6.45) is 0.129. The van der Waals surface area contributed by atoms with Crippen LogP contribution in [0.4, 0.5) is 0 Å². The maximum Gasteiger partial charge on any atom is 0.335 e. The van der Waals surface area contributed by atoms with Crippen molar-refractivity contribution in [3.63, 3.8) is 0 Å². The topological polar surface area (TPSA) is 98.0 Å². The molecule has 0 radical (unpaired) electrons. The molecule has 0 aliphatic rings. The molecule has 0 bridgehead atoms. The van der Waals surface area contributed by atoms with Crippen LogP contribution in [-0.2, 0) is 11.2 Å². The zero-order valence-electron chi connectivity index (χ0n) is 11.6. The lowest BCUT2D eigenvalue weighted by Crippen LogP contribution is -2.35. The predicted octanol–water partition coefficient (Wildman–Crippen LogP) is 1.79. The van der Waals surface area contributed by atoms with Gasteiger partial charge in [0.1, 0.15) is 11.5 Å². The number of phenols is 2. The van der Waals surface area contributed by atoms with Crippen molar-refractivity contribution in [2.45, 2.75) is 46.1 Å². The van der Waals surface area contributed by atoms with Crippen molar-refractivity contribution >= 4 is 5.97 Å². The van der Waals surface area contributed by atoms with E-state index in [1.165, 1.54) is 6.92 Å². The number of rotatable bonds is 4. The van der Waals surface area contributed by atoms with E-state index in [0.717, 1.165) is 0 Å². The fraction of sp³-hybridized carbons (Fsp3) is 0.500. The highest BCUT2D eigenvalue weighted by molar-refractivity contribution is 5.76. The van der Waals surface area contributed by atoms with Crippen LogP contribution < -0.4 is 0 Å². The zero-order valence-corrected chi connectivity index (χ0v) is 11.6. The minimum Gasteiger partial charge on any atom is -0.507 e. The van der Waals surface area contributed by atoms with Crippen LogP contribution in [0.15, 0.2) is 0 Å². The van der Waals surface area contributed by atoms with Gasteiger partial charge in [0.25, 0.3) is 0 Å². The Bertz CT molecular complexity index is 488. The summed E-state index contributed by atoms with van der Waals surface area (Å²) in [6, 6.07) is 0. The second kappa shape index (κ2) is 5.09. The summed E-state index contributed by atoms with van der Waals surface area (Å²) < 4.78 is 0. The molecule has 1 aromatic carbocycles. The van der Waals surface area contributed by atoms with Crippen LogP contribution in [0.25, 0.3) is 0 Å². The summed E-state index contributed by atoms with van der Waals surface area (Å²) in [5.74, 6) is -1.16. The second-order valence-corrected chi connectivity index (χ2v) is 5.13. The molecule has 19 heavy (non-hydrogen) atoms. The SMILES string of the molecule is Cc1c(C)c(O)c(CCC(C)(O)C(=O)O)c(C)c1O. The average molecular weight is 268 g/mol. The number of aromatic hydroxyl groups is 2. The van der Waals surface area contributed by atoms with E-state index in [9.17, 15) is 20.1 Å². The third kappa shape index (κ3) is 2.81. The lowest BCUT2D eigenvalue weighted by atomic mass is 9.91. The van der Waals surface area contributed by atoms with Crippen molar-refractivity contribution in [1.82, 2.24) is 0 Å². The molecule has 0 spiro atoms. The highest BCUT2D eigenvalue weighted by atomic mass is 16.4. The van der Waals surface area contributed by atoms with E-state index in [4.69, 9.17) is 5.11 Å². The molecule has 0 amide bonds. The van der Waals surface area contributed by atoms with Gasteiger partial charge in [-0.15, -0.1) is 0 Å². The first-order valence-corrected chi connectivity index (χ1v) is 6.06. The number of phenolic OH excluding ortho intramolecular Hbond substituents is 2. The Morgan fingerprint density at radius 1 is 1.05 bits per heavy atom. The Morgan fingerprint density at radius 3 is 2.00 bits per heavy atom. The standard InChI is InChI=1S/C14H20O5/c1-7-8(2)12(16)10(9(3)11(7)15)5-6-14(4,19)13(17)18/h15-16,19H,5-6H2,1-4H3,(H,17,18). The lowest BCUT2D eigenvalue weighted by Gasteiger charge is -2.20. The van der Waals surface area contributed by atoms with Crippen LogP contribution in [0.5, 0.6) is 11.5 Å². The molecule has 1 rings (SSSR count). The molecule has 106 valence electrons. The van der Waals surface area contributed by atoms with Crippen LogP contribution in [0.1, 0.15) is 35.6 Å². The molecule has 4 N–H and O–H groups in total. The fourth-order valence-corrected chi connectivity index (χ4v) is 1.96. The van der Waals surface area contributed by atoms with Gasteiger partial charge >= 0.3 is 5.97 Å². The molecular formula is C14H20O5. The Labute approximate surface area is 112 Å². The maximum absolute atomic E-state index is 10.8. The minimum atomic E-state index is -1.85. The van der Waals surface area contributed by atoms with Crippen LogP contribution in [0.2, 0.25) is 0 Å². The number of benzene rings is 1. The molecule has 0 saturated heterocycles. The largest absolute Gasteiger partial charge is 0.507 e. The van der Waals surface area contributed by atoms with Crippen LogP contribution >= 0.6 is 0 Å². The number of hydrogen-bond acceptors (Lipinski definition) is 4. The third-order valence-electron chi connectivity index (χ3n) is 3.69. The second-order valence-electron chi connectivity index (χ2n) is 5.13. The number of aliphatic hydroxyl groups is 1. The van der Waals surface area contributed by atoms with Gasteiger partial charge in [0, 0.05) is 5.56 Å². The monoisotopic (exact) mass is 268 g/mol. The molecular weight excluding hydrogens is 248 g/mol. The molecule has 1 atom stereocenters. The summed E-state index contributed by atoms with van der Waals surface area (Å²) in [5.41, 5.74) is 0.300. The van der Waals surface area contributed by atoms with Gasteiger partial charge in [0.05, 0.1) is 0 Å². The van der Waals surface area contributed by atoms with E-state index in [2.05, 4.69) is 0 Å². The van der Waals surface area contributed by atoms with Gasteiger partial charge in [-0.3, -0.25) is 0 Å². The first kappa shape index (κ1) is 15.3. The van der Waals surface area contributed by atoms with Crippen LogP contribution in [0.3, 0.4) is 0 Å². The lowest BCUT2D eigenvalue weighted by molar-refractivity contribution is -0.157. The third-order valence-corrected chi connectivity index (χ3v) is 3.69. The van der Waals surface area contributed by atoms with Crippen molar-refractivity contribution in [3.05, 3.63) is 22.3 Å². The summed E-state index contributed by atoms with van der Waals surface area (Å²) >= 11 is 0. The van der Waals surface area contributed by atoms with Gasteiger partial charge in [-0.1, -0.05) is 0 Å².